The number of imide groups is 1. The number of nitrogens with zero attached hydrogens (tertiary/aromatic N) is 2. The van der Waals surface area contributed by atoms with Crippen LogP contribution < -0.4 is 20.9 Å². The first-order valence-corrected chi connectivity index (χ1v) is 11.5. The van der Waals surface area contributed by atoms with Crippen LogP contribution >= 0.6 is 0 Å². The van der Waals surface area contributed by atoms with Gasteiger partial charge < -0.3 is 25.7 Å². The summed E-state index contributed by atoms with van der Waals surface area (Å²) in [5.41, 5.74) is 1.33. The zero-order valence-corrected chi connectivity index (χ0v) is 20.8. The number of ether oxygens (including phenoxy) is 1. The van der Waals surface area contributed by atoms with E-state index in [-0.39, 0.29) is 23.3 Å². The molecule has 1 spiro atoms. The molecular weight excluding hydrogens is 467 g/mol. The maximum absolute atomic E-state index is 13.4. The molecule has 11 heteroatoms. The topological polar surface area (TPSA) is 137 Å². The highest BCUT2D eigenvalue weighted by Crippen LogP contribution is 2.35. The van der Waals surface area contributed by atoms with Gasteiger partial charge >= 0.3 is 6.03 Å². The average molecular weight is 499 g/mol. The van der Waals surface area contributed by atoms with Crippen molar-refractivity contribution in [3.05, 3.63) is 47.4 Å². The highest BCUT2D eigenvalue weighted by Gasteiger charge is 2.48. The molecule has 3 amide bonds. The van der Waals surface area contributed by atoms with Gasteiger partial charge in [0.15, 0.2) is 6.29 Å². The molecule has 0 bridgehead atoms. The Morgan fingerprint density at radius 3 is 2.33 bits per heavy atom. The Kier molecular flexibility index (Phi) is 8.36. The molecule has 1 aromatic heterocycles. The Bertz CT molecular complexity index is 1140. The number of hydrogen-bond acceptors (Lipinski definition) is 8. The molecule has 0 radical (unpaired) electrons. The largest absolute Gasteiger partial charge is 0.388 e. The van der Waals surface area contributed by atoms with E-state index in [1.54, 1.807) is 32.4 Å². The quantitative estimate of drug-likeness (QED) is 0.273. The van der Waals surface area contributed by atoms with Gasteiger partial charge in [-0.15, -0.1) is 0 Å². The number of rotatable bonds is 6. The molecule has 36 heavy (non-hydrogen) atoms. The molecule has 0 saturated carbocycles. The Morgan fingerprint density at radius 1 is 1.22 bits per heavy atom. The van der Waals surface area contributed by atoms with Crippen molar-refractivity contribution in [3.63, 3.8) is 0 Å². The number of carbonyl (C=O) groups excluding carboxylic acids is 3. The summed E-state index contributed by atoms with van der Waals surface area (Å²) in [6, 6.07) is 6.88. The number of pyridine rings is 1. The van der Waals surface area contributed by atoms with Crippen molar-refractivity contribution in [2.75, 3.05) is 37.5 Å². The van der Waals surface area contributed by atoms with Gasteiger partial charge in [-0.25, -0.2) is 14.2 Å². The van der Waals surface area contributed by atoms with Gasteiger partial charge in [0.25, 0.3) is 5.91 Å². The van der Waals surface area contributed by atoms with Gasteiger partial charge in [-0.2, -0.15) is 0 Å². The SMILES string of the molecule is CC(C)C(=N)c1c(N2CCC3(CC2)NC(=O)NC3=O)cc(C=O)nc1Nc1ccc(F)cc1.COC. The first kappa shape index (κ1) is 26.7. The van der Waals surface area contributed by atoms with E-state index in [2.05, 4.69) is 25.7 Å². The van der Waals surface area contributed by atoms with Gasteiger partial charge in [-0.3, -0.25) is 14.9 Å². The number of aldehydes is 1. The van der Waals surface area contributed by atoms with Crippen LogP contribution in [0.2, 0.25) is 0 Å². The Balaban J connectivity index is 0.00000115. The lowest BCUT2D eigenvalue weighted by Crippen LogP contribution is -2.55. The number of carbonyl (C=O) groups is 3. The van der Waals surface area contributed by atoms with Crippen molar-refractivity contribution in [3.8, 4) is 0 Å². The Labute approximate surface area is 209 Å². The molecule has 2 aromatic rings. The van der Waals surface area contributed by atoms with E-state index in [0.717, 1.165) is 0 Å². The minimum absolute atomic E-state index is 0.127. The predicted molar refractivity (Wildman–Crippen MR) is 135 cm³/mol. The van der Waals surface area contributed by atoms with Crippen LogP contribution in [0.15, 0.2) is 30.3 Å². The van der Waals surface area contributed by atoms with Gasteiger partial charge in [-0.1, -0.05) is 13.8 Å². The molecule has 2 aliphatic rings. The Hall–Kier alpha value is -3.86. The van der Waals surface area contributed by atoms with Crippen LogP contribution in [0.1, 0.15) is 42.7 Å². The summed E-state index contributed by atoms with van der Waals surface area (Å²) in [5, 5.41) is 16.9. The first-order valence-electron chi connectivity index (χ1n) is 11.5. The molecule has 4 N–H and O–H groups in total. The summed E-state index contributed by atoms with van der Waals surface area (Å²) < 4.78 is 17.6. The summed E-state index contributed by atoms with van der Waals surface area (Å²) >= 11 is 0. The first-order chi connectivity index (χ1) is 17.1. The van der Waals surface area contributed by atoms with E-state index in [1.807, 2.05) is 18.7 Å². The van der Waals surface area contributed by atoms with E-state index in [9.17, 15) is 18.8 Å². The lowest BCUT2D eigenvalue weighted by Gasteiger charge is -2.39. The molecule has 1 aromatic carbocycles. The van der Waals surface area contributed by atoms with Gasteiger partial charge in [0.1, 0.15) is 22.9 Å². The lowest BCUT2D eigenvalue weighted by atomic mass is 9.87. The Morgan fingerprint density at radius 2 is 1.83 bits per heavy atom. The zero-order chi connectivity index (χ0) is 26.5. The van der Waals surface area contributed by atoms with E-state index in [0.29, 0.717) is 60.7 Å². The number of nitrogens with one attached hydrogen (secondary N) is 4. The van der Waals surface area contributed by atoms with Gasteiger partial charge in [-0.05, 0) is 49.1 Å². The number of halogens is 1. The van der Waals surface area contributed by atoms with Crippen LogP contribution in [0.25, 0.3) is 0 Å². The normalized spacial score (nSPS) is 16.2. The fourth-order valence-corrected chi connectivity index (χ4v) is 4.18. The van der Waals surface area contributed by atoms with Crippen molar-refractivity contribution < 1.29 is 23.5 Å². The number of urea groups is 1. The number of amides is 3. The highest BCUT2D eigenvalue weighted by atomic mass is 19.1. The second kappa shape index (κ2) is 11.3. The summed E-state index contributed by atoms with van der Waals surface area (Å²) in [4.78, 5) is 42.0. The van der Waals surface area contributed by atoms with Gasteiger partial charge in [0.05, 0.1) is 11.3 Å². The van der Waals surface area contributed by atoms with E-state index in [4.69, 9.17) is 5.41 Å². The van der Waals surface area contributed by atoms with Gasteiger partial charge in [0.2, 0.25) is 0 Å². The third-order valence-corrected chi connectivity index (χ3v) is 6.07. The van der Waals surface area contributed by atoms with Crippen LogP contribution in [0, 0.1) is 17.1 Å². The smallest absolute Gasteiger partial charge is 0.322 e. The van der Waals surface area contributed by atoms with Crippen molar-refractivity contribution >= 4 is 41.1 Å². The molecule has 0 unspecified atom stereocenters. The number of hydrogen-bond donors (Lipinski definition) is 4. The van der Waals surface area contributed by atoms with Crippen molar-refractivity contribution in [1.29, 1.82) is 5.41 Å². The highest BCUT2D eigenvalue weighted by molar-refractivity contribution is 6.10. The third kappa shape index (κ3) is 5.68. The molecule has 3 heterocycles. The van der Waals surface area contributed by atoms with Crippen molar-refractivity contribution in [1.82, 2.24) is 15.6 Å². The maximum Gasteiger partial charge on any atom is 0.322 e. The van der Waals surface area contributed by atoms with Crippen LogP contribution in [-0.2, 0) is 9.53 Å². The second-order valence-corrected chi connectivity index (χ2v) is 8.99. The second-order valence-electron chi connectivity index (χ2n) is 8.99. The average Bonchev–Trinajstić information content (AvgIpc) is 3.12. The predicted octanol–water partition coefficient (Wildman–Crippen LogP) is 3.24. The number of aromatic nitrogens is 1. The fraction of sp³-hybridized carbons (Fsp3) is 0.400. The van der Waals surface area contributed by atoms with Crippen LogP contribution in [0.5, 0.6) is 0 Å². The molecular formula is C25H31FN6O4. The number of piperidine rings is 1. The van der Waals surface area contributed by atoms with Crippen molar-refractivity contribution in [2.24, 2.45) is 5.92 Å². The zero-order valence-electron chi connectivity index (χ0n) is 20.8. The maximum atomic E-state index is 13.4. The van der Waals surface area contributed by atoms with Crippen molar-refractivity contribution in [2.45, 2.75) is 32.2 Å². The molecule has 192 valence electrons. The lowest BCUT2D eigenvalue weighted by molar-refractivity contribution is -0.124. The summed E-state index contributed by atoms with van der Waals surface area (Å²) in [6.45, 7) is 4.66. The summed E-state index contributed by atoms with van der Waals surface area (Å²) in [6.07, 6.45) is 1.41. The monoisotopic (exact) mass is 498 g/mol. The van der Waals surface area contributed by atoms with E-state index >= 15 is 0 Å². The standard InChI is InChI=1S/C23H25FN6O3.C2H6O/c1-13(2)19(25)18-17(30-9-7-23(8-10-30)21(32)28-22(33)29-23)11-16(12-31)27-20(18)26-15-5-3-14(24)4-6-15;1-3-2/h3-6,11-13,25H,7-10H2,1-2H3,(H,26,27)(H2,28,29,32,33);1-2H3. The minimum atomic E-state index is -0.936. The van der Waals surface area contributed by atoms with E-state index in [1.165, 1.54) is 12.1 Å². The van der Waals surface area contributed by atoms with Crippen LogP contribution in [0.4, 0.5) is 26.4 Å². The third-order valence-electron chi connectivity index (χ3n) is 6.07. The molecule has 2 saturated heterocycles. The summed E-state index contributed by atoms with van der Waals surface area (Å²) in [7, 11) is 3.25. The molecule has 2 aliphatic heterocycles. The molecule has 4 rings (SSSR count). The van der Waals surface area contributed by atoms with Crippen LogP contribution in [0.3, 0.4) is 0 Å². The molecule has 0 aliphatic carbocycles. The van der Waals surface area contributed by atoms with Crippen LogP contribution in [-0.4, -0.2) is 61.8 Å². The number of benzene rings is 1. The molecule has 2 fully saturated rings. The van der Waals surface area contributed by atoms with E-state index < -0.39 is 11.6 Å². The molecule has 10 nitrogen and oxygen atoms in total. The number of methoxy groups -OCH3 is 1. The summed E-state index contributed by atoms with van der Waals surface area (Å²) in [5.74, 6) is -0.509. The minimum Gasteiger partial charge on any atom is -0.388 e. The number of anilines is 3. The fourth-order valence-electron chi connectivity index (χ4n) is 4.18. The van der Waals surface area contributed by atoms with Gasteiger partial charge in [0, 0.05) is 38.7 Å². The molecule has 0 atom stereocenters.